The first-order chi connectivity index (χ1) is 14.8. The van der Waals surface area contributed by atoms with E-state index in [1.54, 1.807) is 18.7 Å². The first-order valence-corrected chi connectivity index (χ1v) is 8.95. The summed E-state index contributed by atoms with van der Waals surface area (Å²) in [5.41, 5.74) is 4.34. The molecule has 2 N–H and O–H groups in total. The van der Waals surface area contributed by atoms with Crippen molar-refractivity contribution in [1.82, 2.24) is 40.1 Å². The van der Waals surface area contributed by atoms with Crippen molar-refractivity contribution in [3.63, 3.8) is 0 Å². The van der Waals surface area contributed by atoms with Gasteiger partial charge in [-0.25, -0.2) is 24.3 Å². The molecule has 144 valence electrons. The number of rotatable bonds is 3. The second kappa shape index (κ2) is 6.27. The van der Waals surface area contributed by atoms with Gasteiger partial charge < -0.3 is 9.40 Å². The molecule has 0 aromatic carbocycles. The summed E-state index contributed by atoms with van der Waals surface area (Å²) in [6.07, 6.45) is 10.8. The molecule has 6 heterocycles. The molecule has 0 aliphatic rings. The number of fused-ring (bicyclic) bond motifs is 2. The number of aromatic amines is 2. The number of nitrogens with one attached hydrogen (secondary N) is 2. The van der Waals surface area contributed by atoms with Gasteiger partial charge in [-0.1, -0.05) is 0 Å². The van der Waals surface area contributed by atoms with E-state index in [0.717, 1.165) is 11.1 Å². The fourth-order valence-corrected chi connectivity index (χ4v) is 3.45. The van der Waals surface area contributed by atoms with Crippen LogP contribution >= 0.6 is 0 Å². The van der Waals surface area contributed by atoms with Crippen LogP contribution in [0.2, 0.25) is 0 Å². The number of pyridine rings is 2. The zero-order valence-corrected chi connectivity index (χ0v) is 15.2. The summed E-state index contributed by atoms with van der Waals surface area (Å²) in [7, 11) is 0. The van der Waals surface area contributed by atoms with Gasteiger partial charge in [-0.2, -0.15) is 5.10 Å². The van der Waals surface area contributed by atoms with Crippen molar-refractivity contribution in [2.24, 2.45) is 0 Å². The van der Waals surface area contributed by atoms with Gasteiger partial charge in [-0.05, 0) is 12.1 Å². The highest BCUT2D eigenvalue weighted by Gasteiger charge is 2.21. The van der Waals surface area contributed by atoms with Crippen molar-refractivity contribution in [2.75, 3.05) is 0 Å². The maximum absolute atomic E-state index is 15.4. The summed E-state index contributed by atoms with van der Waals surface area (Å²) < 4.78 is 20.6. The predicted octanol–water partition coefficient (Wildman–Crippen LogP) is 3.75. The third-order valence-electron chi connectivity index (χ3n) is 4.83. The SMILES string of the molecule is Fc1c(-c2cncnc2)ncc2[nH]nc(-c3nc4nccc(-c5ccoc5)c4[nH]3)c12. The van der Waals surface area contributed by atoms with Gasteiger partial charge in [0, 0.05) is 35.3 Å². The largest absolute Gasteiger partial charge is 0.472 e. The Morgan fingerprint density at radius 2 is 1.87 bits per heavy atom. The summed E-state index contributed by atoms with van der Waals surface area (Å²) >= 11 is 0. The van der Waals surface area contributed by atoms with Crippen LogP contribution in [-0.4, -0.2) is 40.1 Å². The van der Waals surface area contributed by atoms with Crippen LogP contribution in [0.5, 0.6) is 0 Å². The monoisotopic (exact) mass is 398 g/mol. The lowest BCUT2D eigenvalue weighted by Crippen LogP contribution is -1.93. The third kappa shape index (κ3) is 2.40. The van der Waals surface area contributed by atoms with Crippen LogP contribution in [-0.2, 0) is 0 Å². The van der Waals surface area contributed by atoms with Crippen LogP contribution in [0.4, 0.5) is 4.39 Å². The number of aromatic nitrogens is 8. The van der Waals surface area contributed by atoms with E-state index >= 15 is 4.39 Å². The van der Waals surface area contributed by atoms with Crippen LogP contribution in [0.3, 0.4) is 0 Å². The minimum absolute atomic E-state index is 0.138. The second-order valence-corrected chi connectivity index (χ2v) is 6.56. The first-order valence-electron chi connectivity index (χ1n) is 8.95. The molecule has 0 unspecified atom stereocenters. The molecule has 0 amide bonds. The molecule has 0 aliphatic heterocycles. The highest BCUT2D eigenvalue weighted by Crippen LogP contribution is 2.33. The quantitative estimate of drug-likeness (QED) is 0.465. The number of imidazole rings is 1. The van der Waals surface area contributed by atoms with Crippen LogP contribution in [0.15, 0.2) is 60.2 Å². The molecule has 0 atom stereocenters. The Balaban J connectivity index is 1.57. The number of hydrogen-bond acceptors (Lipinski definition) is 7. The lowest BCUT2D eigenvalue weighted by Gasteiger charge is -2.03. The minimum atomic E-state index is -0.533. The van der Waals surface area contributed by atoms with Crippen LogP contribution in [0, 0.1) is 5.82 Å². The Bertz CT molecular complexity index is 1500. The highest BCUT2D eigenvalue weighted by atomic mass is 19.1. The van der Waals surface area contributed by atoms with E-state index < -0.39 is 5.82 Å². The Labute approximate surface area is 167 Å². The van der Waals surface area contributed by atoms with Crippen molar-refractivity contribution < 1.29 is 8.81 Å². The highest BCUT2D eigenvalue weighted by molar-refractivity contribution is 5.97. The standard InChI is InChI=1S/C20H11FN8O/c21-15-14-13(7-25-16(15)11-5-22-9-23-6-11)28-29-18(14)20-26-17-12(10-2-4-30-8-10)1-3-24-19(17)27-20/h1-9H,(H,28,29)(H,24,26,27). The Kier molecular flexibility index (Phi) is 3.45. The molecule has 0 fully saturated rings. The van der Waals surface area contributed by atoms with Gasteiger partial charge in [0.15, 0.2) is 17.3 Å². The lowest BCUT2D eigenvalue weighted by molar-refractivity contribution is 0.568. The van der Waals surface area contributed by atoms with Crippen molar-refractivity contribution >= 4 is 22.1 Å². The van der Waals surface area contributed by atoms with E-state index in [0.29, 0.717) is 33.8 Å². The fraction of sp³-hybridized carbons (Fsp3) is 0. The number of halogens is 1. The smallest absolute Gasteiger partial charge is 0.178 e. The number of hydrogen-bond donors (Lipinski definition) is 2. The minimum Gasteiger partial charge on any atom is -0.472 e. The molecule has 0 radical (unpaired) electrons. The van der Waals surface area contributed by atoms with Crippen molar-refractivity contribution in [1.29, 1.82) is 0 Å². The normalized spacial score (nSPS) is 11.5. The van der Waals surface area contributed by atoms with E-state index in [-0.39, 0.29) is 11.1 Å². The van der Waals surface area contributed by atoms with E-state index in [1.165, 1.54) is 24.9 Å². The summed E-state index contributed by atoms with van der Waals surface area (Å²) in [4.78, 5) is 24.1. The fourth-order valence-electron chi connectivity index (χ4n) is 3.45. The average Bonchev–Trinajstić information content (AvgIpc) is 3.53. The molecular formula is C20H11FN8O. The molecule has 0 saturated carbocycles. The van der Waals surface area contributed by atoms with E-state index in [4.69, 9.17) is 4.42 Å². The van der Waals surface area contributed by atoms with E-state index in [1.807, 2.05) is 12.1 Å². The predicted molar refractivity (Wildman–Crippen MR) is 105 cm³/mol. The molecular weight excluding hydrogens is 387 g/mol. The zero-order chi connectivity index (χ0) is 20.1. The Morgan fingerprint density at radius 1 is 0.967 bits per heavy atom. The van der Waals surface area contributed by atoms with Crippen LogP contribution in [0.1, 0.15) is 0 Å². The molecule has 9 nitrogen and oxygen atoms in total. The topological polar surface area (TPSA) is 122 Å². The molecule has 10 heteroatoms. The third-order valence-corrected chi connectivity index (χ3v) is 4.83. The van der Waals surface area contributed by atoms with Crippen LogP contribution < -0.4 is 0 Å². The molecule has 0 spiro atoms. The van der Waals surface area contributed by atoms with Crippen LogP contribution in [0.25, 0.3) is 56.0 Å². The summed E-state index contributed by atoms with van der Waals surface area (Å²) in [6, 6.07) is 3.70. The van der Waals surface area contributed by atoms with E-state index in [9.17, 15) is 0 Å². The zero-order valence-electron chi connectivity index (χ0n) is 15.2. The number of nitrogens with zero attached hydrogens (tertiary/aromatic N) is 6. The molecule has 6 aromatic heterocycles. The van der Waals surface area contributed by atoms with E-state index in [2.05, 4.69) is 40.1 Å². The number of furan rings is 1. The molecule has 6 aromatic rings. The van der Waals surface area contributed by atoms with Gasteiger partial charge in [0.05, 0.1) is 35.1 Å². The Morgan fingerprint density at radius 3 is 2.70 bits per heavy atom. The molecule has 0 aliphatic carbocycles. The lowest BCUT2D eigenvalue weighted by atomic mass is 10.1. The van der Waals surface area contributed by atoms with Gasteiger partial charge in [-0.3, -0.25) is 10.1 Å². The van der Waals surface area contributed by atoms with Gasteiger partial charge in [-0.15, -0.1) is 0 Å². The molecule has 0 saturated heterocycles. The van der Waals surface area contributed by atoms with Crippen molar-refractivity contribution in [2.45, 2.75) is 0 Å². The molecule has 30 heavy (non-hydrogen) atoms. The maximum atomic E-state index is 15.4. The second-order valence-electron chi connectivity index (χ2n) is 6.56. The summed E-state index contributed by atoms with van der Waals surface area (Å²) in [5.74, 6) is -0.144. The number of H-pyrrole nitrogens is 2. The molecule has 0 bridgehead atoms. The summed E-state index contributed by atoms with van der Waals surface area (Å²) in [5, 5.41) is 7.36. The molecule has 6 rings (SSSR count). The van der Waals surface area contributed by atoms with Gasteiger partial charge >= 0.3 is 0 Å². The van der Waals surface area contributed by atoms with Crippen molar-refractivity contribution in [3.8, 4) is 33.9 Å². The first kappa shape index (κ1) is 16.5. The van der Waals surface area contributed by atoms with Crippen molar-refractivity contribution in [3.05, 3.63) is 61.6 Å². The maximum Gasteiger partial charge on any atom is 0.178 e. The van der Waals surface area contributed by atoms with Gasteiger partial charge in [0.25, 0.3) is 0 Å². The van der Waals surface area contributed by atoms with Gasteiger partial charge in [0.2, 0.25) is 0 Å². The van der Waals surface area contributed by atoms with Gasteiger partial charge in [0.1, 0.15) is 17.7 Å². The average molecular weight is 398 g/mol. The Hall–Kier alpha value is -4.47. The summed E-state index contributed by atoms with van der Waals surface area (Å²) in [6.45, 7) is 0.